The summed E-state index contributed by atoms with van der Waals surface area (Å²) in [5.74, 6) is 2.25. The third-order valence-electron chi connectivity index (χ3n) is 4.37. The van der Waals surface area contributed by atoms with E-state index in [9.17, 15) is 9.59 Å². The zero-order chi connectivity index (χ0) is 20.8. The quantitative estimate of drug-likeness (QED) is 0.474. The number of terminal acetylenes is 1. The van der Waals surface area contributed by atoms with Crippen LogP contribution < -0.4 is 10.2 Å². The van der Waals surface area contributed by atoms with E-state index < -0.39 is 0 Å². The highest BCUT2D eigenvalue weighted by atomic mass is 35.5. The molecule has 0 saturated carbocycles. The van der Waals surface area contributed by atoms with E-state index >= 15 is 0 Å². The van der Waals surface area contributed by atoms with Crippen molar-refractivity contribution >= 4 is 51.6 Å². The Balaban J connectivity index is 1.86. The lowest BCUT2D eigenvalue weighted by molar-refractivity contribution is -0.122. The van der Waals surface area contributed by atoms with Crippen molar-refractivity contribution in [3.63, 3.8) is 0 Å². The Morgan fingerprint density at radius 1 is 1.14 bits per heavy atom. The van der Waals surface area contributed by atoms with Gasteiger partial charge in [0.05, 0.1) is 5.75 Å². The van der Waals surface area contributed by atoms with Crippen molar-refractivity contribution < 1.29 is 9.59 Å². The van der Waals surface area contributed by atoms with Crippen LogP contribution >= 0.6 is 23.4 Å². The Bertz CT molecular complexity index is 1100. The van der Waals surface area contributed by atoms with Crippen LogP contribution in [0.5, 0.6) is 0 Å². The smallest absolute Gasteiger partial charge is 0.239 e. The molecule has 1 N–H and O–H groups in total. The van der Waals surface area contributed by atoms with Gasteiger partial charge in [0.15, 0.2) is 0 Å². The van der Waals surface area contributed by atoms with Crippen LogP contribution in [-0.4, -0.2) is 31.2 Å². The predicted octanol–water partition coefficient (Wildman–Crippen LogP) is 4.35. The third-order valence-corrected chi connectivity index (χ3v) is 5.73. The Kier molecular flexibility index (Phi) is 6.82. The number of nitrogens with zero attached hydrogens (tertiary/aromatic N) is 1. The van der Waals surface area contributed by atoms with E-state index in [1.165, 1.54) is 23.7 Å². The van der Waals surface area contributed by atoms with Gasteiger partial charge in [-0.25, -0.2) is 0 Å². The standard InChI is InChI=1S/C23H19ClN2O2S/c1-3-16-7-4-10-18(13-16)26(14-21(27)25-2)22(28)15-29-20-12-6-9-17-8-5-11-19(24)23(17)20/h1,4-13H,14-15H2,2H3,(H,25,27). The second-order valence-corrected chi connectivity index (χ2v) is 7.65. The van der Waals surface area contributed by atoms with Gasteiger partial charge in [-0.1, -0.05) is 47.9 Å². The number of benzene rings is 3. The number of hydrogen-bond acceptors (Lipinski definition) is 3. The maximum atomic E-state index is 13.0. The summed E-state index contributed by atoms with van der Waals surface area (Å²) in [6.07, 6.45) is 5.47. The lowest BCUT2D eigenvalue weighted by atomic mass is 10.1. The van der Waals surface area contributed by atoms with E-state index in [-0.39, 0.29) is 24.1 Å². The summed E-state index contributed by atoms with van der Waals surface area (Å²) in [4.78, 5) is 27.4. The van der Waals surface area contributed by atoms with Gasteiger partial charge in [-0.05, 0) is 35.7 Å². The SMILES string of the molecule is C#Cc1cccc(N(CC(=O)NC)C(=O)CSc2cccc3cccc(Cl)c23)c1. The highest BCUT2D eigenvalue weighted by Gasteiger charge is 2.20. The molecule has 3 rings (SSSR count). The molecule has 29 heavy (non-hydrogen) atoms. The van der Waals surface area contributed by atoms with Gasteiger partial charge in [0.2, 0.25) is 11.8 Å². The van der Waals surface area contributed by atoms with Crippen molar-refractivity contribution in [3.8, 4) is 12.3 Å². The number of rotatable bonds is 6. The van der Waals surface area contributed by atoms with Crippen LogP contribution in [0, 0.1) is 12.3 Å². The number of hydrogen-bond donors (Lipinski definition) is 1. The Morgan fingerprint density at radius 3 is 2.59 bits per heavy atom. The fraction of sp³-hybridized carbons (Fsp3) is 0.130. The molecule has 0 aromatic heterocycles. The number of fused-ring (bicyclic) bond motifs is 1. The molecule has 0 spiro atoms. The van der Waals surface area contributed by atoms with Gasteiger partial charge in [0.25, 0.3) is 0 Å². The van der Waals surface area contributed by atoms with E-state index in [1.807, 2.05) is 36.4 Å². The average Bonchev–Trinajstić information content (AvgIpc) is 2.75. The largest absolute Gasteiger partial charge is 0.358 e. The fourth-order valence-corrected chi connectivity index (χ4v) is 4.23. The minimum Gasteiger partial charge on any atom is -0.358 e. The molecule has 0 fully saturated rings. The molecule has 0 aliphatic rings. The van der Waals surface area contributed by atoms with Crippen LogP contribution in [0.1, 0.15) is 5.56 Å². The number of thioether (sulfide) groups is 1. The molecule has 4 nitrogen and oxygen atoms in total. The van der Waals surface area contributed by atoms with Gasteiger partial charge in [-0.3, -0.25) is 9.59 Å². The molecule has 0 bridgehead atoms. The summed E-state index contributed by atoms with van der Waals surface area (Å²) in [6.45, 7) is -0.0831. The van der Waals surface area contributed by atoms with E-state index in [0.717, 1.165) is 15.7 Å². The summed E-state index contributed by atoms with van der Waals surface area (Å²) >= 11 is 7.77. The molecule has 0 aliphatic heterocycles. The fourth-order valence-electron chi connectivity index (χ4n) is 2.91. The van der Waals surface area contributed by atoms with E-state index in [4.69, 9.17) is 18.0 Å². The van der Waals surface area contributed by atoms with E-state index in [1.54, 1.807) is 24.3 Å². The summed E-state index contributed by atoms with van der Waals surface area (Å²) < 4.78 is 0. The first-order chi connectivity index (χ1) is 14.0. The van der Waals surface area contributed by atoms with Crippen molar-refractivity contribution in [3.05, 3.63) is 71.2 Å². The minimum absolute atomic E-state index is 0.0831. The molecule has 0 radical (unpaired) electrons. The lowest BCUT2D eigenvalue weighted by Gasteiger charge is -2.22. The molecule has 0 aliphatic carbocycles. The highest BCUT2D eigenvalue weighted by molar-refractivity contribution is 8.00. The first-order valence-electron chi connectivity index (χ1n) is 8.91. The van der Waals surface area contributed by atoms with Crippen LogP contribution in [0.4, 0.5) is 5.69 Å². The van der Waals surface area contributed by atoms with Crippen molar-refractivity contribution in [2.75, 3.05) is 24.2 Å². The molecule has 6 heteroatoms. The minimum atomic E-state index is -0.261. The van der Waals surface area contributed by atoms with Crippen molar-refractivity contribution in [2.45, 2.75) is 4.90 Å². The number of amides is 2. The summed E-state index contributed by atoms with van der Waals surface area (Å²) in [6, 6.07) is 18.6. The van der Waals surface area contributed by atoms with Crippen molar-refractivity contribution in [1.29, 1.82) is 0 Å². The number of nitrogens with one attached hydrogen (secondary N) is 1. The van der Waals surface area contributed by atoms with Crippen LogP contribution in [0.2, 0.25) is 5.02 Å². The number of anilines is 1. The lowest BCUT2D eigenvalue weighted by Crippen LogP contribution is -2.40. The summed E-state index contributed by atoms with van der Waals surface area (Å²) in [7, 11) is 1.54. The second kappa shape index (κ2) is 9.51. The van der Waals surface area contributed by atoms with E-state index in [2.05, 4.69) is 11.2 Å². The Labute approximate surface area is 179 Å². The van der Waals surface area contributed by atoms with Gasteiger partial charge < -0.3 is 10.2 Å². The van der Waals surface area contributed by atoms with Gasteiger partial charge in [-0.2, -0.15) is 0 Å². The Hall–Kier alpha value is -2.94. The molecule has 2 amide bonds. The molecule has 146 valence electrons. The maximum Gasteiger partial charge on any atom is 0.239 e. The van der Waals surface area contributed by atoms with Crippen LogP contribution in [0.25, 0.3) is 10.8 Å². The van der Waals surface area contributed by atoms with Crippen molar-refractivity contribution in [1.82, 2.24) is 5.32 Å². The molecule has 3 aromatic rings. The molecule has 3 aromatic carbocycles. The number of likely N-dealkylation sites (N-methyl/N-ethyl adjacent to an activating group) is 1. The number of halogens is 1. The van der Waals surface area contributed by atoms with Gasteiger partial charge in [-0.15, -0.1) is 18.2 Å². The van der Waals surface area contributed by atoms with E-state index in [0.29, 0.717) is 16.3 Å². The zero-order valence-corrected chi connectivity index (χ0v) is 17.4. The number of carbonyl (C=O) groups excluding carboxylic acids is 2. The third kappa shape index (κ3) is 4.92. The van der Waals surface area contributed by atoms with Gasteiger partial charge in [0, 0.05) is 33.6 Å². The normalized spacial score (nSPS) is 10.4. The summed E-state index contributed by atoms with van der Waals surface area (Å²) in [5.41, 5.74) is 1.23. The predicted molar refractivity (Wildman–Crippen MR) is 120 cm³/mol. The molecule has 0 atom stereocenters. The molecule has 0 unspecified atom stereocenters. The van der Waals surface area contributed by atoms with Crippen LogP contribution in [0.3, 0.4) is 0 Å². The topological polar surface area (TPSA) is 49.4 Å². The highest BCUT2D eigenvalue weighted by Crippen LogP contribution is 2.33. The molecular weight excluding hydrogens is 404 g/mol. The Morgan fingerprint density at radius 2 is 1.86 bits per heavy atom. The molecule has 0 saturated heterocycles. The van der Waals surface area contributed by atoms with Crippen LogP contribution in [-0.2, 0) is 9.59 Å². The molecular formula is C23H19ClN2O2S. The maximum absolute atomic E-state index is 13.0. The van der Waals surface area contributed by atoms with Crippen LogP contribution in [0.15, 0.2) is 65.6 Å². The summed E-state index contributed by atoms with van der Waals surface area (Å²) in [5, 5.41) is 5.13. The second-order valence-electron chi connectivity index (χ2n) is 6.23. The molecule has 0 heterocycles. The average molecular weight is 423 g/mol. The van der Waals surface area contributed by atoms with Gasteiger partial charge in [0.1, 0.15) is 6.54 Å². The first-order valence-corrected chi connectivity index (χ1v) is 10.3. The zero-order valence-electron chi connectivity index (χ0n) is 15.8. The monoisotopic (exact) mass is 422 g/mol. The first kappa shape index (κ1) is 20.8. The van der Waals surface area contributed by atoms with Gasteiger partial charge >= 0.3 is 0 Å². The van der Waals surface area contributed by atoms with Crippen molar-refractivity contribution in [2.24, 2.45) is 0 Å². The number of carbonyl (C=O) groups is 2.